The molecule has 0 aromatic carbocycles. The third-order valence-corrected chi connectivity index (χ3v) is 9.06. The Balaban J connectivity index is 1.50. The second kappa shape index (κ2) is 9.38. The van der Waals surface area contributed by atoms with Crippen LogP contribution in [-0.4, -0.2) is 36.3 Å². The zero-order valence-electron chi connectivity index (χ0n) is 18.5. The number of fused-ring (bicyclic) bond motifs is 1. The Morgan fingerprint density at radius 2 is 1.88 bits per heavy atom. The van der Waals surface area contributed by atoms with E-state index in [1.54, 1.807) is 0 Å². The number of allylic oxidation sites excluding steroid dienone is 4. The molecule has 1 saturated heterocycles. The van der Waals surface area contributed by atoms with Crippen LogP contribution in [0.2, 0.25) is 0 Å². The summed E-state index contributed by atoms with van der Waals surface area (Å²) < 4.78 is 46.6. The van der Waals surface area contributed by atoms with Gasteiger partial charge in [0.25, 0.3) is 0 Å². The van der Waals surface area contributed by atoms with E-state index in [4.69, 9.17) is 15.5 Å². The number of thiazole rings is 1. The Labute approximate surface area is 202 Å². The van der Waals surface area contributed by atoms with E-state index in [-0.39, 0.29) is 22.8 Å². The molecule has 3 fully saturated rings. The molecule has 0 amide bonds. The average molecular weight is 498 g/mol. The zero-order chi connectivity index (χ0) is 23.2. The maximum atomic E-state index is 13.7. The van der Waals surface area contributed by atoms with Gasteiger partial charge in [-0.15, -0.1) is 24.0 Å². The van der Waals surface area contributed by atoms with Crippen LogP contribution >= 0.6 is 24.0 Å². The van der Waals surface area contributed by atoms with Crippen molar-refractivity contribution >= 4 is 35.4 Å². The summed E-state index contributed by atoms with van der Waals surface area (Å²) in [6.07, 6.45) is 6.06. The highest BCUT2D eigenvalue weighted by atomic mass is 32.1. The fourth-order valence-electron chi connectivity index (χ4n) is 5.39. The average Bonchev–Trinajstić information content (AvgIpc) is 3.49. The fourth-order valence-corrected chi connectivity index (χ4v) is 6.95. The maximum absolute atomic E-state index is 13.7. The van der Waals surface area contributed by atoms with Crippen molar-refractivity contribution in [1.82, 2.24) is 4.98 Å². The van der Waals surface area contributed by atoms with Gasteiger partial charge in [0.1, 0.15) is 0 Å². The molecule has 180 valence electrons. The number of hydrogen-bond acceptors (Lipinski definition) is 5. The number of aliphatic imine (C=N–C) groups is 1. The van der Waals surface area contributed by atoms with Gasteiger partial charge >= 0.3 is 6.18 Å². The Kier molecular flexibility index (Phi) is 6.66. The maximum Gasteiger partial charge on any atom is 0.417 e. The second-order valence-corrected chi connectivity index (χ2v) is 11.2. The number of ether oxygens (including phenoxy) is 1. The molecule has 2 unspecified atom stereocenters. The Morgan fingerprint density at radius 1 is 1.15 bits per heavy atom. The Bertz CT molecular complexity index is 986. The minimum Gasteiger partial charge on any atom is -0.381 e. The highest BCUT2D eigenvalue weighted by Crippen LogP contribution is 2.59. The van der Waals surface area contributed by atoms with Crippen molar-refractivity contribution in [3.8, 4) is 0 Å². The molecule has 2 atom stereocenters. The molecule has 1 aliphatic heterocycles. The van der Waals surface area contributed by atoms with E-state index >= 15 is 0 Å². The van der Waals surface area contributed by atoms with Crippen molar-refractivity contribution in [2.24, 2.45) is 28.5 Å². The second-order valence-electron chi connectivity index (χ2n) is 9.71. The number of halogens is 3. The lowest BCUT2D eigenvalue weighted by Gasteiger charge is -2.22. The zero-order valence-corrected chi connectivity index (χ0v) is 20.2. The monoisotopic (exact) mass is 497 g/mol. The van der Waals surface area contributed by atoms with Gasteiger partial charge in [0, 0.05) is 13.2 Å². The summed E-state index contributed by atoms with van der Waals surface area (Å²) in [6, 6.07) is 0.112. The molecule has 1 aromatic heterocycles. The number of nitrogens with zero attached hydrogens (tertiary/aromatic N) is 2. The van der Waals surface area contributed by atoms with Gasteiger partial charge in [0.15, 0.2) is 10.8 Å². The van der Waals surface area contributed by atoms with E-state index in [0.717, 1.165) is 48.2 Å². The first-order chi connectivity index (χ1) is 15.8. The predicted molar refractivity (Wildman–Crippen MR) is 129 cm³/mol. The molecule has 4 aliphatic rings. The van der Waals surface area contributed by atoms with Crippen LogP contribution in [0.5, 0.6) is 0 Å². The summed E-state index contributed by atoms with van der Waals surface area (Å²) >= 11 is 5.65. The summed E-state index contributed by atoms with van der Waals surface area (Å²) in [5.41, 5.74) is 7.42. The number of alkyl halides is 3. The van der Waals surface area contributed by atoms with Crippen molar-refractivity contribution in [3.63, 3.8) is 0 Å². The first kappa shape index (κ1) is 23.4. The molecule has 4 nitrogen and oxygen atoms in total. The largest absolute Gasteiger partial charge is 0.417 e. The SMILES string of the molecule is NC(=NC1CCOCC1)c1nc(CC2CCCCC2)c(C2=CC(C(F)(F)F)=C(S)C3CC23)s1. The topological polar surface area (TPSA) is 60.5 Å². The summed E-state index contributed by atoms with van der Waals surface area (Å²) in [6.45, 7) is 1.35. The lowest BCUT2D eigenvalue weighted by molar-refractivity contribution is -0.0888. The lowest BCUT2D eigenvalue weighted by atomic mass is 9.85. The third-order valence-electron chi connectivity index (χ3n) is 7.32. The van der Waals surface area contributed by atoms with E-state index in [0.29, 0.717) is 36.4 Å². The summed E-state index contributed by atoms with van der Waals surface area (Å²) in [4.78, 5) is 10.6. The molecule has 0 spiro atoms. The Hall–Kier alpha value is -1.32. The molecule has 5 rings (SSSR count). The predicted octanol–water partition coefficient (Wildman–Crippen LogP) is 5.93. The van der Waals surface area contributed by atoms with Crippen molar-refractivity contribution in [2.45, 2.75) is 70.0 Å². The molecule has 1 aromatic rings. The molecular weight excluding hydrogens is 467 g/mol. The van der Waals surface area contributed by atoms with Gasteiger partial charge in [-0.2, -0.15) is 13.2 Å². The van der Waals surface area contributed by atoms with Crippen LogP contribution in [0.1, 0.15) is 66.9 Å². The normalized spacial score (nSPS) is 27.5. The van der Waals surface area contributed by atoms with Crippen LogP contribution in [-0.2, 0) is 11.2 Å². The van der Waals surface area contributed by atoms with Gasteiger partial charge in [-0.1, -0.05) is 32.1 Å². The van der Waals surface area contributed by atoms with Crippen molar-refractivity contribution in [1.29, 1.82) is 0 Å². The van der Waals surface area contributed by atoms with Crippen molar-refractivity contribution in [3.05, 3.63) is 32.1 Å². The summed E-state index contributed by atoms with van der Waals surface area (Å²) in [7, 11) is 0. The Morgan fingerprint density at radius 3 is 2.58 bits per heavy atom. The van der Waals surface area contributed by atoms with Crippen LogP contribution in [0.15, 0.2) is 21.5 Å². The number of nitrogens with two attached hydrogens (primary N) is 1. The van der Waals surface area contributed by atoms with Gasteiger partial charge in [-0.05, 0) is 60.0 Å². The van der Waals surface area contributed by atoms with Crippen LogP contribution in [0.3, 0.4) is 0 Å². The molecule has 33 heavy (non-hydrogen) atoms. The van der Waals surface area contributed by atoms with Crippen LogP contribution < -0.4 is 5.73 Å². The number of aromatic nitrogens is 1. The van der Waals surface area contributed by atoms with Gasteiger partial charge in [0.2, 0.25) is 0 Å². The highest BCUT2D eigenvalue weighted by molar-refractivity contribution is 7.84. The lowest BCUT2D eigenvalue weighted by Crippen LogP contribution is -2.23. The van der Waals surface area contributed by atoms with Crippen molar-refractivity contribution < 1.29 is 17.9 Å². The van der Waals surface area contributed by atoms with Gasteiger partial charge in [-0.3, -0.25) is 4.99 Å². The quantitative estimate of drug-likeness (QED) is 0.301. The van der Waals surface area contributed by atoms with E-state index in [2.05, 4.69) is 17.6 Å². The molecular formula is C24H30F3N3OS2. The highest BCUT2D eigenvalue weighted by Gasteiger charge is 2.50. The number of rotatable bonds is 5. The number of hydrogen-bond donors (Lipinski definition) is 2. The third kappa shape index (κ3) is 5.05. The minimum absolute atomic E-state index is 0.0932. The smallest absolute Gasteiger partial charge is 0.381 e. The van der Waals surface area contributed by atoms with E-state index in [9.17, 15) is 13.2 Å². The first-order valence-corrected chi connectivity index (χ1v) is 13.2. The molecule has 2 saturated carbocycles. The van der Waals surface area contributed by atoms with Crippen LogP contribution in [0.4, 0.5) is 13.2 Å². The minimum atomic E-state index is -4.41. The van der Waals surface area contributed by atoms with Gasteiger partial charge in [-0.25, -0.2) is 4.98 Å². The fraction of sp³-hybridized carbons (Fsp3) is 0.667. The van der Waals surface area contributed by atoms with E-state index in [1.807, 2.05) is 0 Å². The van der Waals surface area contributed by atoms with E-state index < -0.39 is 11.7 Å². The summed E-state index contributed by atoms with van der Waals surface area (Å²) in [5.74, 6) is 0.883. The molecule has 0 bridgehead atoms. The molecule has 2 N–H and O–H groups in total. The van der Waals surface area contributed by atoms with E-state index in [1.165, 1.54) is 36.7 Å². The molecule has 9 heteroatoms. The van der Waals surface area contributed by atoms with Gasteiger partial charge < -0.3 is 10.5 Å². The summed E-state index contributed by atoms with van der Waals surface area (Å²) in [5, 5.41) is 0.634. The van der Waals surface area contributed by atoms with Gasteiger partial charge in [0.05, 0.1) is 22.2 Å². The standard InChI is InChI=1S/C24H30F3N3OS2/c25-24(26,27)18-12-17(15-11-16(15)20(18)32)21-19(10-13-4-2-1-3-5-13)30-23(33-21)22(28)29-14-6-8-31-9-7-14/h12-16,32H,1-11H2,(H2,28,29). The van der Waals surface area contributed by atoms with Crippen molar-refractivity contribution in [2.75, 3.05) is 13.2 Å². The first-order valence-electron chi connectivity index (χ1n) is 11.9. The molecule has 3 aliphatic carbocycles. The number of thiol groups is 1. The van der Waals surface area contributed by atoms with Crippen LogP contribution in [0, 0.1) is 17.8 Å². The van der Waals surface area contributed by atoms with Crippen LogP contribution in [0.25, 0.3) is 5.57 Å². The molecule has 0 radical (unpaired) electrons. The molecule has 2 heterocycles. The number of amidine groups is 1.